The highest BCUT2D eigenvalue weighted by molar-refractivity contribution is 7.99. The van der Waals surface area contributed by atoms with Crippen LogP contribution >= 0.6 is 34.4 Å². The quantitative estimate of drug-likeness (QED) is 0.0885. The van der Waals surface area contributed by atoms with Crippen LogP contribution in [0.3, 0.4) is 0 Å². The third-order valence-electron chi connectivity index (χ3n) is 9.10. The molecule has 4 rings (SSSR count). The largest absolute Gasteiger partial charge is 0.305 e. The van der Waals surface area contributed by atoms with E-state index >= 15 is 4.39 Å². The van der Waals surface area contributed by atoms with Gasteiger partial charge in [0.1, 0.15) is 26.7 Å². The average Bonchev–Trinajstić information content (AvgIpc) is 3.71. The average molecular weight is 755 g/mol. The monoisotopic (exact) mass is 754 g/mol. The summed E-state index contributed by atoms with van der Waals surface area (Å²) in [6.45, 7) is 22.8. The van der Waals surface area contributed by atoms with Crippen molar-refractivity contribution >= 4 is 84.9 Å². The first-order valence-corrected chi connectivity index (χ1v) is 27.9. The van der Waals surface area contributed by atoms with Gasteiger partial charge in [0, 0.05) is 13.1 Å². The van der Waals surface area contributed by atoms with E-state index < -0.39 is 22.0 Å². The number of fused-ring (bicyclic) bond motifs is 2. The Bertz CT molecular complexity index is 1720. The van der Waals surface area contributed by atoms with Gasteiger partial charge in [-0.05, 0) is 30.9 Å². The smallest absolute Gasteiger partial charge is 0.260 e. The maximum Gasteiger partial charge on any atom is 0.260 e. The first-order chi connectivity index (χ1) is 23.1. The third-order valence-corrected chi connectivity index (χ3v) is 14.0. The Morgan fingerprint density at radius 1 is 0.714 bits per heavy atom. The number of hydrogen-bond acceptors (Lipinski definition) is 5. The Kier molecular flexibility index (Phi) is 13.4. The van der Waals surface area contributed by atoms with E-state index in [1.807, 2.05) is 11.2 Å². The van der Waals surface area contributed by atoms with Gasteiger partial charge in [-0.25, -0.2) is 4.39 Å². The Morgan fingerprint density at radius 2 is 1.14 bits per heavy atom. The predicted molar refractivity (Wildman–Crippen MR) is 219 cm³/mol. The van der Waals surface area contributed by atoms with Crippen molar-refractivity contribution in [1.82, 2.24) is 0 Å². The fourth-order valence-corrected chi connectivity index (χ4v) is 10.7. The van der Waals surface area contributed by atoms with Gasteiger partial charge < -0.3 is 9.80 Å². The minimum absolute atomic E-state index is 0.145. The summed E-state index contributed by atoms with van der Waals surface area (Å²) >= 11 is 4.39. The fraction of sp³-hybridized carbons (Fsp3) is 0.590. The number of rotatable bonds is 13. The summed E-state index contributed by atoms with van der Waals surface area (Å²) in [7, 11) is -3.48. The number of carbonyl (C=O) groups excluding carboxylic acids is 2. The number of hydrogen-bond donors (Lipinski definition) is 0. The van der Waals surface area contributed by atoms with E-state index in [0.717, 1.165) is 71.7 Å². The van der Waals surface area contributed by atoms with Crippen molar-refractivity contribution in [3.8, 4) is 22.9 Å². The van der Waals surface area contributed by atoms with Crippen molar-refractivity contribution in [2.24, 2.45) is 11.8 Å². The molecule has 0 aromatic carbocycles. The van der Waals surface area contributed by atoms with Crippen molar-refractivity contribution in [3.63, 3.8) is 0 Å². The molecule has 4 nitrogen and oxygen atoms in total. The zero-order valence-electron chi connectivity index (χ0n) is 31.5. The molecule has 10 heteroatoms. The minimum Gasteiger partial charge on any atom is -0.305 e. The molecule has 0 fully saturated rings. The summed E-state index contributed by atoms with van der Waals surface area (Å²) in [5.41, 5.74) is 8.84. The van der Waals surface area contributed by atoms with E-state index in [-0.39, 0.29) is 17.7 Å². The lowest BCUT2D eigenvalue weighted by Crippen LogP contribution is -2.34. The van der Waals surface area contributed by atoms with E-state index in [2.05, 4.69) is 89.9 Å². The molecule has 0 spiro atoms. The van der Waals surface area contributed by atoms with E-state index in [1.54, 1.807) is 16.7 Å². The molecule has 2 unspecified atom stereocenters. The van der Waals surface area contributed by atoms with Gasteiger partial charge in [-0.3, -0.25) is 9.59 Å². The molecule has 49 heavy (non-hydrogen) atoms. The summed E-state index contributed by atoms with van der Waals surface area (Å²) in [4.78, 5) is 36.8. The lowest BCUT2D eigenvalue weighted by atomic mass is 9.98. The number of anilines is 2. The lowest BCUT2D eigenvalue weighted by Gasteiger charge is -2.24. The van der Waals surface area contributed by atoms with Crippen LogP contribution in [0.15, 0.2) is 4.90 Å². The zero-order chi connectivity index (χ0) is 36.3. The topological polar surface area (TPSA) is 40.6 Å². The first-order valence-electron chi connectivity index (χ1n) is 18.1. The first kappa shape index (κ1) is 39.7. The van der Waals surface area contributed by atoms with Crippen LogP contribution < -0.4 is 9.80 Å². The summed E-state index contributed by atoms with van der Waals surface area (Å²) in [6, 6.07) is 0. The van der Waals surface area contributed by atoms with Crippen molar-refractivity contribution in [2.75, 3.05) is 29.1 Å². The number of carbonyl (C=O) groups is 2. The Labute approximate surface area is 309 Å². The van der Waals surface area contributed by atoms with Crippen LogP contribution in [0.1, 0.15) is 98.6 Å². The van der Waals surface area contributed by atoms with Crippen LogP contribution in [0.2, 0.25) is 39.3 Å². The number of thiophene rings is 2. The maximum atomic E-state index is 16.5. The molecule has 266 valence electrons. The molecule has 0 saturated heterocycles. The second-order valence-electron chi connectivity index (χ2n) is 15.5. The molecule has 0 aliphatic carbocycles. The van der Waals surface area contributed by atoms with E-state index in [4.69, 9.17) is 0 Å². The van der Waals surface area contributed by atoms with Gasteiger partial charge in [-0.1, -0.05) is 117 Å². The third kappa shape index (κ3) is 8.87. The number of halogens is 1. The van der Waals surface area contributed by atoms with Crippen LogP contribution in [-0.4, -0.2) is 47.3 Å². The van der Waals surface area contributed by atoms with E-state index in [9.17, 15) is 9.59 Å². The van der Waals surface area contributed by atoms with Crippen LogP contribution in [-0.2, 0) is 9.59 Å². The Hall–Kier alpha value is -2.09. The molecular weight excluding hydrogens is 700 g/mol. The second-order valence-corrected chi connectivity index (χ2v) is 27.8. The molecule has 0 N–H and O–H groups in total. The highest BCUT2D eigenvalue weighted by Gasteiger charge is 2.47. The predicted octanol–water partition coefficient (Wildman–Crippen LogP) is 11.2. The van der Waals surface area contributed by atoms with Gasteiger partial charge >= 0.3 is 0 Å². The molecule has 2 aliphatic rings. The second kappa shape index (κ2) is 16.5. The molecule has 2 aliphatic heterocycles. The van der Waals surface area contributed by atoms with Crippen LogP contribution in [0.25, 0.3) is 11.1 Å². The van der Waals surface area contributed by atoms with Crippen LogP contribution in [0.5, 0.6) is 0 Å². The highest BCUT2D eigenvalue weighted by atomic mass is 32.2. The fourth-order valence-electron chi connectivity index (χ4n) is 6.28. The molecular formula is C39H55FN2O2S3Si2. The number of unbranched alkanes of at least 4 members (excludes halogenated alkanes) is 2. The molecule has 0 radical (unpaired) electrons. The summed E-state index contributed by atoms with van der Waals surface area (Å²) in [5.74, 6) is 6.40. The van der Waals surface area contributed by atoms with Crippen LogP contribution in [0.4, 0.5) is 15.8 Å². The SMILES string of the molecule is CCCCC(CC)CN1C(=O)/C(=C2/C(=O)N(CC(CC)CCCC)c3c2sc(C#C[Si](C)(C)C)c3SC)c2sc(C#C[Si](C)(C)C)c(F)c21. The summed E-state index contributed by atoms with van der Waals surface area (Å²) in [6.07, 6.45) is 10.3. The van der Waals surface area contributed by atoms with Gasteiger partial charge in [0.15, 0.2) is 5.82 Å². The van der Waals surface area contributed by atoms with Crippen molar-refractivity contribution in [1.29, 1.82) is 0 Å². The standard InChI is InChI=1S/C39H55FN2O2S3Si2/c1-12-16-18-26(14-3)24-41-33-32(40)28(20-22-48(6,7)8)46-36(33)30(38(41)43)31-37-34(35(45-5)29(47-37)21-23-49(9,10)11)42(39(31)44)25-27(15-4)19-17-13-2/h26-27H,12-19,24-25H2,1-11H3/b31-30+. The Balaban J connectivity index is 2.01. The molecule has 4 heterocycles. The van der Waals surface area contributed by atoms with E-state index in [0.29, 0.717) is 45.6 Å². The van der Waals surface area contributed by atoms with Crippen molar-refractivity contribution in [3.05, 3.63) is 25.3 Å². The molecule has 2 aromatic rings. The molecule has 2 amide bonds. The van der Waals surface area contributed by atoms with Gasteiger partial charge in [-0.15, -0.1) is 45.5 Å². The molecule has 2 aromatic heterocycles. The number of amides is 2. The normalized spacial score (nSPS) is 17.1. The van der Waals surface area contributed by atoms with Gasteiger partial charge in [0.2, 0.25) is 0 Å². The summed E-state index contributed by atoms with van der Waals surface area (Å²) < 4.78 is 16.5. The lowest BCUT2D eigenvalue weighted by molar-refractivity contribution is -0.114. The summed E-state index contributed by atoms with van der Waals surface area (Å²) in [5, 5.41) is 0. The van der Waals surface area contributed by atoms with Crippen molar-refractivity contribution in [2.45, 2.75) is 123 Å². The van der Waals surface area contributed by atoms with Gasteiger partial charge in [-0.2, -0.15) is 0 Å². The number of nitrogens with zero attached hydrogens (tertiary/aromatic N) is 2. The highest BCUT2D eigenvalue weighted by Crippen LogP contribution is 2.56. The molecule has 0 bridgehead atoms. The molecule has 0 saturated carbocycles. The zero-order valence-corrected chi connectivity index (χ0v) is 36.0. The van der Waals surface area contributed by atoms with Gasteiger partial charge in [0.05, 0.1) is 36.4 Å². The van der Waals surface area contributed by atoms with Crippen LogP contribution in [0, 0.1) is 40.6 Å². The maximum absolute atomic E-state index is 16.5. The van der Waals surface area contributed by atoms with Gasteiger partial charge in [0.25, 0.3) is 11.8 Å². The molecule has 2 atom stereocenters. The number of thioether (sulfide) groups is 1. The Morgan fingerprint density at radius 3 is 1.57 bits per heavy atom. The minimum atomic E-state index is -1.79. The van der Waals surface area contributed by atoms with Crippen molar-refractivity contribution < 1.29 is 14.0 Å². The van der Waals surface area contributed by atoms with E-state index in [1.165, 1.54) is 22.7 Å².